The van der Waals surface area contributed by atoms with Crippen LogP contribution in [0.15, 0.2) is 96.6 Å². The molecule has 0 unspecified atom stereocenters. The van der Waals surface area contributed by atoms with Crippen molar-refractivity contribution in [1.82, 2.24) is 0 Å². The van der Waals surface area contributed by atoms with Crippen LogP contribution in [0, 0.1) is 0 Å². The zero-order valence-electron chi connectivity index (χ0n) is 22.8. The summed E-state index contributed by atoms with van der Waals surface area (Å²) in [6, 6.07) is 27.4. The third kappa shape index (κ3) is 4.84. The van der Waals surface area contributed by atoms with E-state index in [2.05, 4.69) is 0 Å². The standard InChI is InChI=1S/C34H30O6/c1-37-27-16-15-23(18-28(27)38-2)31-26(33(35)21-11-7-5-8-12-21)17-24-19-29(39-3)30(40-4)20-25(24)32(31)34(36)22-13-9-6-10-14-22/h5-20,31-32H,1-4H3/t31-,32-/m1/s1. The highest BCUT2D eigenvalue weighted by Crippen LogP contribution is 2.50. The van der Waals surface area contributed by atoms with E-state index in [0.29, 0.717) is 39.7 Å². The Hall–Kier alpha value is -4.84. The number of carbonyl (C=O) groups excluding carboxylic acids is 2. The van der Waals surface area contributed by atoms with E-state index >= 15 is 0 Å². The fraction of sp³-hybridized carbons (Fsp3) is 0.176. The van der Waals surface area contributed by atoms with Crippen LogP contribution in [0.1, 0.15) is 49.2 Å². The first kappa shape index (κ1) is 26.8. The van der Waals surface area contributed by atoms with E-state index in [-0.39, 0.29) is 11.6 Å². The van der Waals surface area contributed by atoms with Crippen molar-refractivity contribution < 1.29 is 28.5 Å². The molecule has 4 aromatic carbocycles. The third-order valence-corrected chi connectivity index (χ3v) is 7.31. The Bertz CT molecular complexity index is 1570. The Labute approximate surface area is 233 Å². The van der Waals surface area contributed by atoms with Crippen molar-refractivity contribution in [2.45, 2.75) is 11.8 Å². The predicted octanol–water partition coefficient (Wildman–Crippen LogP) is 6.75. The number of methoxy groups -OCH3 is 4. The van der Waals surface area contributed by atoms with Gasteiger partial charge < -0.3 is 18.9 Å². The van der Waals surface area contributed by atoms with Gasteiger partial charge in [0.1, 0.15) is 0 Å². The van der Waals surface area contributed by atoms with Gasteiger partial charge in [0.25, 0.3) is 0 Å². The van der Waals surface area contributed by atoms with Crippen LogP contribution in [0.4, 0.5) is 0 Å². The zero-order valence-corrected chi connectivity index (χ0v) is 22.8. The summed E-state index contributed by atoms with van der Waals surface area (Å²) in [5, 5.41) is 0. The number of allylic oxidation sites excluding steroid dienone is 1. The summed E-state index contributed by atoms with van der Waals surface area (Å²) in [7, 11) is 6.26. The average molecular weight is 535 g/mol. The summed E-state index contributed by atoms with van der Waals surface area (Å²) in [6.07, 6.45) is 1.86. The molecular weight excluding hydrogens is 504 g/mol. The molecule has 40 heavy (non-hydrogen) atoms. The van der Waals surface area contributed by atoms with Crippen molar-refractivity contribution in [1.29, 1.82) is 0 Å². The minimum absolute atomic E-state index is 0.111. The maximum Gasteiger partial charge on any atom is 0.189 e. The normalized spacial score (nSPS) is 15.8. The van der Waals surface area contributed by atoms with Gasteiger partial charge in [-0.05, 0) is 47.0 Å². The molecule has 0 amide bonds. The van der Waals surface area contributed by atoms with Gasteiger partial charge in [0.2, 0.25) is 0 Å². The van der Waals surface area contributed by atoms with Gasteiger partial charge in [0.05, 0.1) is 34.4 Å². The molecule has 0 saturated carbocycles. The molecule has 4 aromatic rings. The fourth-order valence-corrected chi connectivity index (χ4v) is 5.38. The van der Waals surface area contributed by atoms with Gasteiger partial charge in [-0.15, -0.1) is 0 Å². The molecule has 2 atom stereocenters. The fourth-order valence-electron chi connectivity index (χ4n) is 5.38. The Morgan fingerprint density at radius 3 is 1.75 bits per heavy atom. The summed E-state index contributed by atoms with van der Waals surface area (Å²) < 4.78 is 22.3. The molecule has 0 bridgehead atoms. The monoisotopic (exact) mass is 534 g/mol. The molecule has 0 heterocycles. The number of Topliss-reactive ketones (excluding diaryl/α,β-unsaturated/α-hetero) is 2. The molecule has 0 N–H and O–H groups in total. The smallest absolute Gasteiger partial charge is 0.189 e. The number of carbonyl (C=O) groups is 2. The van der Waals surface area contributed by atoms with Crippen molar-refractivity contribution in [3.63, 3.8) is 0 Å². The topological polar surface area (TPSA) is 71.1 Å². The van der Waals surface area contributed by atoms with Gasteiger partial charge in [-0.3, -0.25) is 9.59 Å². The molecule has 202 valence electrons. The first-order chi connectivity index (χ1) is 19.5. The summed E-state index contributed by atoms with van der Waals surface area (Å²) in [4.78, 5) is 28.6. The van der Waals surface area contributed by atoms with Gasteiger partial charge in [-0.2, -0.15) is 0 Å². The van der Waals surface area contributed by atoms with Crippen LogP contribution in [-0.2, 0) is 0 Å². The summed E-state index contributed by atoms with van der Waals surface area (Å²) in [5.41, 5.74) is 3.80. The molecule has 0 spiro atoms. The molecule has 6 nitrogen and oxygen atoms in total. The number of benzene rings is 4. The van der Waals surface area contributed by atoms with Crippen LogP contribution in [-0.4, -0.2) is 40.0 Å². The lowest BCUT2D eigenvalue weighted by molar-refractivity contribution is 0.0944. The molecular formula is C34H30O6. The zero-order chi connectivity index (χ0) is 28.2. The molecule has 0 aromatic heterocycles. The highest BCUT2D eigenvalue weighted by molar-refractivity contribution is 6.15. The first-order valence-electron chi connectivity index (χ1n) is 12.9. The third-order valence-electron chi connectivity index (χ3n) is 7.31. The molecule has 5 rings (SSSR count). The van der Waals surface area contributed by atoms with E-state index in [1.165, 1.54) is 0 Å². The van der Waals surface area contributed by atoms with Crippen molar-refractivity contribution in [2.75, 3.05) is 28.4 Å². The van der Waals surface area contributed by atoms with E-state index in [9.17, 15) is 9.59 Å². The highest BCUT2D eigenvalue weighted by atomic mass is 16.5. The Kier molecular flexibility index (Phi) is 7.69. The lowest BCUT2D eigenvalue weighted by Crippen LogP contribution is -2.29. The minimum atomic E-state index is -0.733. The lowest BCUT2D eigenvalue weighted by Gasteiger charge is -2.34. The van der Waals surface area contributed by atoms with Gasteiger partial charge in [-0.1, -0.05) is 66.7 Å². The van der Waals surface area contributed by atoms with Crippen molar-refractivity contribution >= 4 is 17.6 Å². The second kappa shape index (κ2) is 11.5. The molecule has 0 fully saturated rings. The van der Waals surface area contributed by atoms with Crippen LogP contribution >= 0.6 is 0 Å². The average Bonchev–Trinajstić information content (AvgIpc) is 3.02. The van der Waals surface area contributed by atoms with Gasteiger partial charge in [-0.25, -0.2) is 0 Å². The second-order valence-corrected chi connectivity index (χ2v) is 9.43. The minimum Gasteiger partial charge on any atom is -0.493 e. The van der Waals surface area contributed by atoms with Crippen LogP contribution in [0.3, 0.4) is 0 Å². The summed E-state index contributed by atoms with van der Waals surface area (Å²) >= 11 is 0. The number of ether oxygens (including phenoxy) is 4. The van der Waals surface area contributed by atoms with Crippen molar-refractivity contribution in [3.8, 4) is 23.0 Å². The number of fused-ring (bicyclic) bond motifs is 1. The van der Waals surface area contributed by atoms with Crippen LogP contribution in [0.5, 0.6) is 23.0 Å². The van der Waals surface area contributed by atoms with E-state index in [4.69, 9.17) is 18.9 Å². The van der Waals surface area contributed by atoms with E-state index < -0.39 is 11.8 Å². The Morgan fingerprint density at radius 1 is 0.600 bits per heavy atom. The maximum absolute atomic E-state index is 14.4. The Balaban J connectivity index is 1.81. The number of ketones is 2. The molecule has 0 saturated heterocycles. The van der Waals surface area contributed by atoms with Crippen molar-refractivity contribution in [3.05, 3.63) is 124 Å². The van der Waals surface area contributed by atoms with Gasteiger partial charge in [0, 0.05) is 22.6 Å². The van der Waals surface area contributed by atoms with E-state index in [1.807, 2.05) is 66.7 Å². The first-order valence-corrected chi connectivity index (χ1v) is 12.9. The number of hydrogen-bond donors (Lipinski definition) is 0. The van der Waals surface area contributed by atoms with Gasteiger partial charge >= 0.3 is 0 Å². The number of rotatable bonds is 9. The quantitative estimate of drug-likeness (QED) is 0.221. The number of hydrogen-bond acceptors (Lipinski definition) is 6. The van der Waals surface area contributed by atoms with Crippen molar-refractivity contribution in [2.24, 2.45) is 0 Å². The van der Waals surface area contributed by atoms with E-state index in [0.717, 1.165) is 16.7 Å². The molecule has 0 radical (unpaired) electrons. The van der Waals surface area contributed by atoms with Crippen LogP contribution in [0.2, 0.25) is 0 Å². The van der Waals surface area contributed by atoms with Crippen LogP contribution in [0.25, 0.3) is 6.08 Å². The largest absolute Gasteiger partial charge is 0.493 e. The maximum atomic E-state index is 14.4. The highest BCUT2D eigenvalue weighted by Gasteiger charge is 2.41. The van der Waals surface area contributed by atoms with Crippen LogP contribution < -0.4 is 18.9 Å². The summed E-state index contributed by atoms with van der Waals surface area (Å²) in [5.74, 6) is 0.458. The summed E-state index contributed by atoms with van der Waals surface area (Å²) in [6.45, 7) is 0. The SMILES string of the molecule is COc1ccc([C@@H]2C(C(=O)c3ccccc3)=Cc3cc(OC)c(OC)cc3[C@H]2C(=O)c2ccccc2)cc1OC. The lowest BCUT2D eigenvalue weighted by atomic mass is 9.67. The van der Waals surface area contributed by atoms with Gasteiger partial charge in [0.15, 0.2) is 34.6 Å². The Morgan fingerprint density at radius 2 is 1.15 bits per heavy atom. The second-order valence-electron chi connectivity index (χ2n) is 9.43. The molecule has 6 heteroatoms. The molecule has 1 aliphatic rings. The predicted molar refractivity (Wildman–Crippen MR) is 154 cm³/mol. The molecule has 1 aliphatic carbocycles. The molecule has 0 aliphatic heterocycles. The van der Waals surface area contributed by atoms with E-state index in [1.54, 1.807) is 58.8 Å².